The van der Waals surface area contributed by atoms with Crippen LogP contribution in [0.25, 0.3) is 0 Å². The molecule has 0 amide bonds. The highest BCUT2D eigenvalue weighted by molar-refractivity contribution is 6.08. The fraction of sp³-hybridized carbons (Fsp3) is 0.714. The Balaban J connectivity index is 3.67. The Morgan fingerprint density at radius 2 is 1.90 bits per heavy atom. The molecule has 0 heterocycles. The predicted molar refractivity (Wildman–Crippen MR) is 42.8 cm³/mol. The van der Waals surface area contributed by atoms with E-state index in [2.05, 4.69) is 0 Å². The van der Waals surface area contributed by atoms with Crippen molar-refractivity contribution in [2.45, 2.75) is 25.6 Å². The number of hydrogen-bond donors (Lipinski definition) is 0. The predicted octanol–water partition coefficient (Wildman–Crippen LogP) is 0.222. The molecule has 0 aliphatic heterocycles. The van der Waals surface area contributed by atoms with Crippen LogP contribution in [-0.2, 0) is 9.59 Å². The molecule has 10 heavy (non-hydrogen) atoms. The molecule has 0 saturated heterocycles. The minimum atomic E-state index is -0.181. The first-order valence-corrected chi connectivity index (χ1v) is 3.50. The van der Waals surface area contributed by atoms with Gasteiger partial charge in [0.1, 0.15) is 20.4 Å². The third-order valence-corrected chi connectivity index (χ3v) is 1.43. The summed E-state index contributed by atoms with van der Waals surface area (Å²) in [5.41, 5.74) is 0. The summed E-state index contributed by atoms with van der Waals surface area (Å²) >= 11 is 0. The third kappa shape index (κ3) is 4.30. The van der Waals surface area contributed by atoms with Crippen LogP contribution in [0.5, 0.6) is 0 Å². The number of carbonyl (C=O) groups is 2. The van der Waals surface area contributed by atoms with E-state index >= 15 is 0 Å². The normalized spacial score (nSPS) is 14.3. The van der Waals surface area contributed by atoms with Crippen LogP contribution in [-0.4, -0.2) is 20.4 Å². The SMILES string of the molecule is [2H][C@@H](B)CC(CC=O)CC=O. The van der Waals surface area contributed by atoms with Gasteiger partial charge in [0.2, 0.25) is 0 Å². The van der Waals surface area contributed by atoms with Crippen LogP contribution in [0.4, 0.5) is 0 Å². The van der Waals surface area contributed by atoms with Crippen molar-refractivity contribution < 1.29 is 11.0 Å². The smallest absolute Gasteiger partial charge is 0.120 e. The molecule has 1 atom stereocenters. The first-order chi connectivity index (χ1) is 5.20. The lowest BCUT2D eigenvalue weighted by atomic mass is 9.90. The number of carbonyl (C=O) groups excluding carboxylic acids is 2. The van der Waals surface area contributed by atoms with Gasteiger partial charge in [0.15, 0.2) is 0 Å². The van der Waals surface area contributed by atoms with Gasteiger partial charge in [-0.25, -0.2) is 0 Å². The van der Waals surface area contributed by atoms with Crippen LogP contribution >= 0.6 is 0 Å². The van der Waals surface area contributed by atoms with Crippen molar-refractivity contribution in [1.29, 1.82) is 0 Å². The zero-order valence-electron chi connectivity index (χ0n) is 7.25. The van der Waals surface area contributed by atoms with E-state index in [0.717, 1.165) is 12.6 Å². The molecule has 0 saturated carbocycles. The number of rotatable bonds is 6. The standard InChI is InChI=1S/C7H13BO2/c8-4-1-7(2-5-9)3-6-10/h5-7H,1-4,8H2/i4D/t4-/m1/s1. The second-order valence-electron chi connectivity index (χ2n) is 2.31. The Hall–Kier alpha value is -0.595. The van der Waals surface area contributed by atoms with Crippen LogP contribution < -0.4 is 0 Å². The van der Waals surface area contributed by atoms with Gasteiger partial charge >= 0.3 is 0 Å². The van der Waals surface area contributed by atoms with Crippen molar-refractivity contribution in [3.05, 3.63) is 0 Å². The lowest BCUT2D eigenvalue weighted by Crippen LogP contribution is -2.01. The molecule has 56 valence electrons. The molecule has 0 aromatic carbocycles. The highest BCUT2D eigenvalue weighted by Gasteiger charge is 2.04. The Morgan fingerprint density at radius 3 is 2.20 bits per heavy atom. The first-order valence-electron chi connectivity index (χ1n) is 4.08. The Bertz CT molecular complexity index is 118. The summed E-state index contributed by atoms with van der Waals surface area (Å²) in [5, 5.41) is 0. The van der Waals surface area contributed by atoms with Crippen LogP contribution in [0, 0.1) is 5.92 Å². The summed E-state index contributed by atoms with van der Waals surface area (Å²) in [6.45, 7) is 0. The molecule has 0 spiro atoms. The maximum Gasteiger partial charge on any atom is 0.120 e. The Kier molecular flexibility index (Phi) is 4.90. The van der Waals surface area contributed by atoms with Gasteiger partial charge in [-0.1, -0.05) is 12.7 Å². The molecule has 0 radical (unpaired) electrons. The van der Waals surface area contributed by atoms with Gasteiger partial charge in [-0.15, -0.1) is 0 Å². The van der Waals surface area contributed by atoms with E-state index < -0.39 is 0 Å². The fourth-order valence-corrected chi connectivity index (χ4v) is 0.894. The lowest BCUT2D eigenvalue weighted by Gasteiger charge is -2.06. The fourth-order valence-electron chi connectivity index (χ4n) is 0.894. The largest absolute Gasteiger partial charge is 0.303 e. The highest BCUT2D eigenvalue weighted by atomic mass is 16.1. The van der Waals surface area contributed by atoms with Crippen molar-refractivity contribution in [3.63, 3.8) is 0 Å². The highest BCUT2D eigenvalue weighted by Crippen LogP contribution is 2.11. The zero-order chi connectivity index (χ0) is 8.69. The van der Waals surface area contributed by atoms with Crippen molar-refractivity contribution in [1.82, 2.24) is 0 Å². The molecule has 0 unspecified atom stereocenters. The third-order valence-electron chi connectivity index (χ3n) is 1.43. The van der Waals surface area contributed by atoms with E-state index in [-0.39, 0.29) is 12.2 Å². The van der Waals surface area contributed by atoms with Crippen LogP contribution in [0.1, 0.15) is 20.6 Å². The van der Waals surface area contributed by atoms with E-state index in [4.69, 9.17) is 1.37 Å². The Labute approximate surface area is 63.8 Å². The van der Waals surface area contributed by atoms with E-state index in [1.165, 1.54) is 0 Å². The number of hydrogen-bond acceptors (Lipinski definition) is 2. The van der Waals surface area contributed by atoms with Crippen LogP contribution in [0.15, 0.2) is 0 Å². The van der Waals surface area contributed by atoms with Crippen molar-refractivity contribution in [2.24, 2.45) is 5.92 Å². The van der Waals surface area contributed by atoms with Gasteiger partial charge in [0.05, 0.1) is 0 Å². The second kappa shape index (κ2) is 6.52. The molecular weight excluding hydrogens is 127 g/mol. The van der Waals surface area contributed by atoms with Crippen molar-refractivity contribution in [3.8, 4) is 0 Å². The Morgan fingerprint density at radius 1 is 1.40 bits per heavy atom. The van der Waals surface area contributed by atoms with E-state index in [1.54, 1.807) is 7.85 Å². The number of aldehydes is 2. The van der Waals surface area contributed by atoms with Crippen LogP contribution in [0.3, 0.4) is 0 Å². The molecule has 3 heteroatoms. The quantitative estimate of drug-likeness (QED) is 0.391. The van der Waals surface area contributed by atoms with Gasteiger partial charge in [-0.2, -0.15) is 0 Å². The van der Waals surface area contributed by atoms with Crippen molar-refractivity contribution >= 4 is 20.4 Å². The zero-order valence-corrected chi connectivity index (χ0v) is 6.25. The molecule has 0 aromatic rings. The topological polar surface area (TPSA) is 34.1 Å². The van der Waals surface area contributed by atoms with E-state index in [1.807, 2.05) is 0 Å². The minimum absolute atomic E-state index is 0.0810. The molecule has 0 bridgehead atoms. The molecule has 0 aromatic heterocycles. The van der Waals surface area contributed by atoms with E-state index in [0.29, 0.717) is 19.3 Å². The molecule has 2 nitrogen and oxygen atoms in total. The average molecular weight is 141 g/mol. The van der Waals surface area contributed by atoms with Gasteiger partial charge in [-0.05, 0) is 5.92 Å². The van der Waals surface area contributed by atoms with Gasteiger partial charge < -0.3 is 9.59 Å². The van der Waals surface area contributed by atoms with E-state index in [9.17, 15) is 9.59 Å². The minimum Gasteiger partial charge on any atom is -0.303 e. The summed E-state index contributed by atoms with van der Waals surface area (Å²) in [6.07, 6.45) is 2.90. The molecule has 0 fully saturated rings. The maximum absolute atomic E-state index is 10.1. The average Bonchev–Trinajstić information content (AvgIpc) is 1.87. The second-order valence-corrected chi connectivity index (χ2v) is 2.31. The maximum atomic E-state index is 10.1. The molecular formula is C7H13BO2. The first kappa shape index (κ1) is 7.51. The van der Waals surface area contributed by atoms with Gasteiger partial charge in [-0.3, -0.25) is 0 Å². The summed E-state index contributed by atoms with van der Waals surface area (Å²) in [4.78, 5) is 20.2. The monoisotopic (exact) mass is 141 g/mol. The van der Waals surface area contributed by atoms with Gasteiger partial charge in [0, 0.05) is 14.2 Å². The molecule has 0 rings (SSSR count). The van der Waals surface area contributed by atoms with Crippen molar-refractivity contribution in [2.75, 3.05) is 0 Å². The molecule has 0 aliphatic rings. The van der Waals surface area contributed by atoms with Gasteiger partial charge in [0.25, 0.3) is 0 Å². The molecule has 0 aliphatic carbocycles. The van der Waals surface area contributed by atoms with Crippen LogP contribution in [0.2, 0.25) is 6.30 Å². The summed E-state index contributed by atoms with van der Waals surface area (Å²) in [6, 6.07) is 0. The molecule has 0 N–H and O–H groups in total. The summed E-state index contributed by atoms with van der Waals surface area (Å²) < 4.78 is 7.23. The lowest BCUT2D eigenvalue weighted by molar-refractivity contribution is -0.110. The summed E-state index contributed by atoms with van der Waals surface area (Å²) in [5.74, 6) is 0.0810. The summed E-state index contributed by atoms with van der Waals surface area (Å²) in [7, 11) is 1.77.